The fourth-order valence-corrected chi connectivity index (χ4v) is 5.40. The summed E-state index contributed by atoms with van der Waals surface area (Å²) >= 11 is 0. The molecule has 1 aromatic rings. The summed E-state index contributed by atoms with van der Waals surface area (Å²) in [5.41, 5.74) is 0.766. The van der Waals surface area contributed by atoms with E-state index in [-0.39, 0.29) is 11.7 Å². The van der Waals surface area contributed by atoms with Crippen LogP contribution >= 0.6 is 0 Å². The molecular formula is C18H26N2O3S. The van der Waals surface area contributed by atoms with Gasteiger partial charge in [0.05, 0.1) is 5.75 Å². The lowest BCUT2D eigenvalue weighted by atomic mass is 9.98. The molecule has 24 heavy (non-hydrogen) atoms. The fourth-order valence-electron chi connectivity index (χ4n) is 3.63. The Kier molecular flexibility index (Phi) is 5.25. The minimum Gasteiger partial charge on any atom is -0.341 e. The highest BCUT2D eigenvalue weighted by Crippen LogP contribution is 2.27. The summed E-state index contributed by atoms with van der Waals surface area (Å²) in [6.07, 6.45) is 3.41. The molecule has 2 saturated heterocycles. The van der Waals surface area contributed by atoms with E-state index in [1.165, 1.54) is 4.31 Å². The molecule has 132 valence electrons. The first kappa shape index (κ1) is 17.4. The standard InChI is InChI=1S/C18H26N2O3S/c1-15-9-12-19(13-10-15)18(21)17-8-5-11-20(17)24(22,23)14-16-6-3-2-4-7-16/h2-4,6-7,15,17H,5,8-14H2,1H3/t17-/m0/s1. The Morgan fingerprint density at radius 2 is 1.75 bits per heavy atom. The molecule has 0 spiro atoms. The van der Waals surface area contributed by atoms with Crippen molar-refractivity contribution in [3.05, 3.63) is 35.9 Å². The maximum absolute atomic E-state index is 12.8. The molecule has 6 heteroatoms. The van der Waals surface area contributed by atoms with E-state index >= 15 is 0 Å². The normalized spacial score (nSPS) is 23.5. The number of sulfonamides is 1. The second-order valence-electron chi connectivity index (χ2n) is 7.02. The van der Waals surface area contributed by atoms with Crippen LogP contribution in [0.3, 0.4) is 0 Å². The van der Waals surface area contributed by atoms with Gasteiger partial charge in [-0.15, -0.1) is 0 Å². The number of amides is 1. The number of carbonyl (C=O) groups is 1. The number of carbonyl (C=O) groups excluding carboxylic acids is 1. The molecule has 1 atom stereocenters. The average Bonchev–Trinajstić information content (AvgIpc) is 3.06. The largest absolute Gasteiger partial charge is 0.341 e. The minimum absolute atomic E-state index is 0.00367. The van der Waals surface area contributed by atoms with Crippen LogP contribution in [-0.2, 0) is 20.6 Å². The molecule has 2 aliphatic rings. The van der Waals surface area contributed by atoms with Crippen LogP contribution in [0.15, 0.2) is 30.3 Å². The monoisotopic (exact) mass is 350 g/mol. The van der Waals surface area contributed by atoms with Gasteiger partial charge in [0.1, 0.15) is 6.04 Å². The molecule has 0 radical (unpaired) electrons. The molecule has 1 amide bonds. The summed E-state index contributed by atoms with van der Waals surface area (Å²) in [7, 11) is -3.47. The predicted octanol–water partition coefficient (Wildman–Crippen LogP) is 2.24. The Morgan fingerprint density at radius 1 is 1.08 bits per heavy atom. The minimum atomic E-state index is -3.47. The molecule has 0 unspecified atom stereocenters. The number of likely N-dealkylation sites (tertiary alicyclic amines) is 1. The van der Waals surface area contributed by atoms with Crippen molar-refractivity contribution in [2.45, 2.75) is 44.4 Å². The first-order chi connectivity index (χ1) is 11.5. The number of rotatable bonds is 4. The Hall–Kier alpha value is -1.40. The third-order valence-corrected chi connectivity index (χ3v) is 6.98. The van der Waals surface area contributed by atoms with E-state index in [0.29, 0.717) is 18.9 Å². The van der Waals surface area contributed by atoms with Gasteiger partial charge in [0, 0.05) is 19.6 Å². The molecule has 5 nitrogen and oxygen atoms in total. The molecule has 0 saturated carbocycles. The SMILES string of the molecule is CC1CCN(C(=O)[C@@H]2CCCN2S(=O)(=O)Cc2ccccc2)CC1. The van der Waals surface area contributed by atoms with Crippen molar-refractivity contribution in [3.63, 3.8) is 0 Å². The highest BCUT2D eigenvalue weighted by molar-refractivity contribution is 7.88. The molecule has 1 aromatic carbocycles. The van der Waals surface area contributed by atoms with Crippen molar-refractivity contribution in [2.24, 2.45) is 5.92 Å². The molecule has 0 aromatic heterocycles. The topological polar surface area (TPSA) is 57.7 Å². The van der Waals surface area contributed by atoms with Crippen LogP contribution in [0.1, 0.15) is 38.2 Å². The van der Waals surface area contributed by atoms with Gasteiger partial charge in [-0.25, -0.2) is 8.42 Å². The lowest BCUT2D eigenvalue weighted by molar-refractivity contribution is -0.135. The van der Waals surface area contributed by atoms with E-state index < -0.39 is 16.1 Å². The number of hydrogen-bond acceptors (Lipinski definition) is 3. The first-order valence-corrected chi connectivity index (χ1v) is 10.4. The van der Waals surface area contributed by atoms with E-state index in [9.17, 15) is 13.2 Å². The van der Waals surface area contributed by atoms with Gasteiger partial charge >= 0.3 is 0 Å². The van der Waals surface area contributed by atoms with E-state index in [2.05, 4.69) is 6.92 Å². The van der Waals surface area contributed by atoms with Crippen molar-refractivity contribution in [3.8, 4) is 0 Å². The maximum Gasteiger partial charge on any atom is 0.241 e. The third kappa shape index (κ3) is 3.81. The second-order valence-corrected chi connectivity index (χ2v) is 8.94. The Bertz CT molecular complexity index is 667. The molecule has 2 aliphatic heterocycles. The van der Waals surface area contributed by atoms with Crippen molar-refractivity contribution in [1.82, 2.24) is 9.21 Å². The summed E-state index contributed by atoms with van der Waals surface area (Å²) in [5, 5.41) is 0. The highest BCUT2D eigenvalue weighted by Gasteiger charge is 2.40. The van der Waals surface area contributed by atoms with Gasteiger partial charge in [-0.2, -0.15) is 4.31 Å². The first-order valence-electron chi connectivity index (χ1n) is 8.79. The zero-order valence-corrected chi connectivity index (χ0v) is 15.0. The predicted molar refractivity (Wildman–Crippen MR) is 93.8 cm³/mol. The molecule has 0 bridgehead atoms. The summed E-state index contributed by atoms with van der Waals surface area (Å²) in [5.74, 6) is 0.612. The van der Waals surface area contributed by atoms with Crippen LogP contribution in [0, 0.1) is 5.92 Å². The lowest BCUT2D eigenvalue weighted by Gasteiger charge is -2.34. The van der Waals surface area contributed by atoms with Crippen LogP contribution in [0.5, 0.6) is 0 Å². The summed E-state index contributed by atoms with van der Waals surface area (Å²) < 4.78 is 27.1. The van der Waals surface area contributed by atoms with Crippen LogP contribution in [-0.4, -0.2) is 49.2 Å². The Labute approximate surface area is 144 Å². The van der Waals surface area contributed by atoms with Gasteiger partial charge in [-0.05, 0) is 37.2 Å². The van der Waals surface area contributed by atoms with Crippen LogP contribution in [0.25, 0.3) is 0 Å². The van der Waals surface area contributed by atoms with Gasteiger partial charge in [-0.3, -0.25) is 4.79 Å². The maximum atomic E-state index is 12.8. The van der Waals surface area contributed by atoms with Crippen molar-refractivity contribution < 1.29 is 13.2 Å². The number of nitrogens with zero attached hydrogens (tertiary/aromatic N) is 2. The second kappa shape index (κ2) is 7.23. The number of piperidine rings is 1. The Balaban J connectivity index is 1.71. The number of benzene rings is 1. The average molecular weight is 350 g/mol. The number of hydrogen-bond donors (Lipinski definition) is 0. The van der Waals surface area contributed by atoms with Gasteiger partial charge in [0.25, 0.3) is 0 Å². The molecule has 2 fully saturated rings. The van der Waals surface area contributed by atoms with Crippen molar-refractivity contribution in [1.29, 1.82) is 0 Å². The van der Waals surface area contributed by atoms with Crippen LogP contribution < -0.4 is 0 Å². The fraction of sp³-hybridized carbons (Fsp3) is 0.611. The van der Waals surface area contributed by atoms with Gasteiger partial charge in [-0.1, -0.05) is 37.3 Å². The zero-order valence-electron chi connectivity index (χ0n) is 14.2. The lowest BCUT2D eigenvalue weighted by Crippen LogP contribution is -2.50. The van der Waals surface area contributed by atoms with Crippen LogP contribution in [0.4, 0.5) is 0 Å². The quantitative estimate of drug-likeness (QED) is 0.837. The molecule has 3 rings (SSSR count). The summed E-state index contributed by atoms with van der Waals surface area (Å²) in [4.78, 5) is 14.7. The molecule has 0 aliphatic carbocycles. The van der Waals surface area contributed by atoms with Crippen molar-refractivity contribution >= 4 is 15.9 Å². The van der Waals surface area contributed by atoms with Crippen LogP contribution in [0.2, 0.25) is 0 Å². The van der Waals surface area contributed by atoms with E-state index in [0.717, 1.165) is 37.9 Å². The Morgan fingerprint density at radius 3 is 2.42 bits per heavy atom. The zero-order chi connectivity index (χ0) is 17.2. The smallest absolute Gasteiger partial charge is 0.241 e. The van der Waals surface area contributed by atoms with Gasteiger partial charge in [0.2, 0.25) is 15.9 Å². The van der Waals surface area contributed by atoms with Gasteiger partial charge in [0.15, 0.2) is 0 Å². The third-order valence-electron chi connectivity index (χ3n) is 5.13. The summed E-state index contributed by atoms with van der Waals surface area (Å²) in [6, 6.07) is 8.67. The van der Waals surface area contributed by atoms with E-state index in [4.69, 9.17) is 0 Å². The highest BCUT2D eigenvalue weighted by atomic mass is 32.2. The van der Waals surface area contributed by atoms with Gasteiger partial charge < -0.3 is 4.90 Å². The molecular weight excluding hydrogens is 324 g/mol. The summed E-state index contributed by atoms with van der Waals surface area (Å²) in [6.45, 7) is 4.16. The molecule has 0 N–H and O–H groups in total. The molecule has 2 heterocycles. The van der Waals surface area contributed by atoms with E-state index in [1.807, 2.05) is 35.2 Å². The van der Waals surface area contributed by atoms with E-state index in [1.54, 1.807) is 0 Å². The van der Waals surface area contributed by atoms with Crippen molar-refractivity contribution in [2.75, 3.05) is 19.6 Å².